The molecule has 1 aromatic heterocycles. The van der Waals surface area contributed by atoms with Crippen LogP contribution in [0.3, 0.4) is 0 Å². The van der Waals surface area contributed by atoms with Crippen molar-refractivity contribution in [3.05, 3.63) is 69.7 Å². The first-order valence-electron chi connectivity index (χ1n) is 7.45. The van der Waals surface area contributed by atoms with E-state index in [0.717, 1.165) is 5.76 Å². The van der Waals surface area contributed by atoms with E-state index in [1.165, 1.54) is 0 Å². The lowest BCUT2D eigenvalue weighted by Crippen LogP contribution is -2.09. The van der Waals surface area contributed by atoms with E-state index in [1.54, 1.807) is 42.5 Å². The van der Waals surface area contributed by atoms with Crippen molar-refractivity contribution in [2.75, 3.05) is 0 Å². The number of rotatable bonds is 3. The summed E-state index contributed by atoms with van der Waals surface area (Å²) in [6.07, 6.45) is 1.84. The largest absolute Gasteiger partial charge is 0.506 e. The molecule has 0 aliphatic carbocycles. The van der Waals surface area contributed by atoms with E-state index < -0.39 is 0 Å². The number of nitrogens with one attached hydrogen (secondary N) is 1. The molecule has 0 saturated carbocycles. The number of aromatic nitrogens is 1. The van der Waals surface area contributed by atoms with Crippen LogP contribution < -0.4 is 10.3 Å². The first-order valence-corrected chi connectivity index (χ1v) is 7.83. The van der Waals surface area contributed by atoms with Crippen molar-refractivity contribution in [1.29, 1.82) is 0 Å². The summed E-state index contributed by atoms with van der Waals surface area (Å²) in [5.74, 6) is 1.27. The van der Waals surface area contributed by atoms with Crippen molar-refractivity contribution in [3.8, 4) is 22.6 Å². The highest BCUT2D eigenvalue weighted by Crippen LogP contribution is 2.34. The molecule has 2 aromatic carbocycles. The van der Waals surface area contributed by atoms with Gasteiger partial charge >= 0.3 is 0 Å². The lowest BCUT2D eigenvalue weighted by Gasteiger charge is -2.10. The Morgan fingerprint density at radius 3 is 2.79 bits per heavy atom. The Morgan fingerprint density at radius 1 is 1.25 bits per heavy atom. The van der Waals surface area contributed by atoms with Crippen LogP contribution in [0.15, 0.2) is 59.1 Å². The predicted molar refractivity (Wildman–Crippen MR) is 96.7 cm³/mol. The van der Waals surface area contributed by atoms with Crippen molar-refractivity contribution in [3.63, 3.8) is 0 Å². The number of hydrogen-bond donors (Lipinski definition) is 2. The molecular formula is C19H16ClNO3. The van der Waals surface area contributed by atoms with Crippen LogP contribution >= 0.6 is 11.6 Å². The average Bonchev–Trinajstić information content (AvgIpc) is 2.54. The van der Waals surface area contributed by atoms with Crippen LogP contribution in [0.1, 0.15) is 13.8 Å². The summed E-state index contributed by atoms with van der Waals surface area (Å²) in [6, 6.07) is 12.0. The SMILES string of the molecule is CC=C(C)Oc1cccc(-c2c(O)c3ccc(Cl)cc3[nH]c2=O)c1. The first kappa shape index (κ1) is 16.1. The van der Waals surface area contributed by atoms with E-state index in [1.807, 2.05) is 19.9 Å². The predicted octanol–water partition coefficient (Wildman–Crippen LogP) is 4.86. The lowest BCUT2D eigenvalue weighted by atomic mass is 10.0. The monoisotopic (exact) mass is 341 g/mol. The molecule has 24 heavy (non-hydrogen) atoms. The van der Waals surface area contributed by atoms with Gasteiger partial charge < -0.3 is 14.8 Å². The van der Waals surface area contributed by atoms with Gasteiger partial charge in [-0.25, -0.2) is 0 Å². The number of aromatic hydroxyl groups is 1. The van der Waals surface area contributed by atoms with Crippen LogP contribution in [-0.2, 0) is 0 Å². The number of allylic oxidation sites excluding steroid dienone is 2. The maximum absolute atomic E-state index is 12.4. The smallest absolute Gasteiger partial charge is 0.260 e. The third-order valence-electron chi connectivity index (χ3n) is 3.76. The molecule has 0 bridgehead atoms. The van der Waals surface area contributed by atoms with E-state index in [-0.39, 0.29) is 16.9 Å². The van der Waals surface area contributed by atoms with E-state index in [9.17, 15) is 9.90 Å². The molecule has 2 N–H and O–H groups in total. The fraction of sp³-hybridized carbons (Fsp3) is 0.105. The molecule has 0 unspecified atom stereocenters. The Morgan fingerprint density at radius 2 is 2.04 bits per heavy atom. The van der Waals surface area contributed by atoms with Crippen LogP contribution in [0.5, 0.6) is 11.5 Å². The second-order valence-electron chi connectivity index (χ2n) is 5.40. The third-order valence-corrected chi connectivity index (χ3v) is 3.99. The summed E-state index contributed by atoms with van der Waals surface area (Å²) in [7, 11) is 0. The summed E-state index contributed by atoms with van der Waals surface area (Å²) >= 11 is 5.94. The summed E-state index contributed by atoms with van der Waals surface area (Å²) in [6.45, 7) is 3.72. The van der Waals surface area contributed by atoms with Crippen LogP contribution in [0.4, 0.5) is 0 Å². The Labute approximate surface area is 144 Å². The van der Waals surface area contributed by atoms with Gasteiger partial charge in [-0.3, -0.25) is 4.79 Å². The zero-order chi connectivity index (χ0) is 17.3. The van der Waals surface area contributed by atoms with Gasteiger partial charge in [-0.1, -0.05) is 23.7 Å². The number of H-pyrrole nitrogens is 1. The van der Waals surface area contributed by atoms with Crippen LogP contribution in [0.2, 0.25) is 5.02 Å². The molecule has 122 valence electrons. The summed E-state index contributed by atoms with van der Waals surface area (Å²) in [5.41, 5.74) is 0.883. The Hall–Kier alpha value is -2.72. The van der Waals surface area contributed by atoms with Crippen molar-refractivity contribution < 1.29 is 9.84 Å². The highest BCUT2D eigenvalue weighted by Gasteiger charge is 2.14. The highest BCUT2D eigenvalue weighted by atomic mass is 35.5. The minimum atomic E-state index is -0.387. The summed E-state index contributed by atoms with van der Waals surface area (Å²) in [5, 5.41) is 11.6. The zero-order valence-corrected chi connectivity index (χ0v) is 14.0. The van der Waals surface area contributed by atoms with E-state index >= 15 is 0 Å². The Bertz CT molecular complexity index is 1010. The normalized spacial score (nSPS) is 11.7. The van der Waals surface area contributed by atoms with Crippen molar-refractivity contribution in [1.82, 2.24) is 4.98 Å². The molecule has 0 atom stereocenters. The van der Waals surface area contributed by atoms with Crippen molar-refractivity contribution >= 4 is 22.5 Å². The minimum Gasteiger partial charge on any atom is -0.506 e. The van der Waals surface area contributed by atoms with E-state index in [2.05, 4.69) is 4.98 Å². The Balaban J connectivity index is 2.18. The van der Waals surface area contributed by atoms with Gasteiger partial charge in [0.15, 0.2) is 0 Å². The second kappa shape index (κ2) is 6.42. The molecular weight excluding hydrogens is 326 g/mol. The molecule has 5 heteroatoms. The minimum absolute atomic E-state index is 0.0784. The summed E-state index contributed by atoms with van der Waals surface area (Å²) in [4.78, 5) is 15.2. The topological polar surface area (TPSA) is 62.3 Å². The fourth-order valence-corrected chi connectivity index (χ4v) is 2.65. The average molecular weight is 342 g/mol. The molecule has 0 aliphatic rings. The van der Waals surface area contributed by atoms with Gasteiger partial charge in [0.25, 0.3) is 5.56 Å². The number of pyridine rings is 1. The lowest BCUT2D eigenvalue weighted by molar-refractivity contribution is 0.427. The van der Waals surface area contributed by atoms with Crippen molar-refractivity contribution in [2.24, 2.45) is 0 Å². The fourth-order valence-electron chi connectivity index (χ4n) is 2.48. The molecule has 0 radical (unpaired) electrons. The van der Waals surface area contributed by atoms with Gasteiger partial charge in [-0.2, -0.15) is 0 Å². The maximum atomic E-state index is 12.4. The molecule has 1 heterocycles. The molecule has 3 rings (SSSR count). The first-order chi connectivity index (χ1) is 11.5. The van der Waals surface area contributed by atoms with Crippen molar-refractivity contribution in [2.45, 2.75) is 13.8 Å². The molecule has 0 fully saturated rings. The quantitative estimate of drug-likeness (QED) is 0.669. The van der Waals surface area contributed by atoms with Crippen LogP contribution in [0, 0.1) is 0 Å². The number of ether oxygens (including phenoxy) is 1. The number of fused-ring (bicyclic) bond motifs is 1. The summed E-state index contributed by atoms with van der Waals surface area (Å²) < 4.78 is 5.66. The second-order valence-corrected chi connectivity index (χ2v) is 5.83. The zero-order valence-electron chi connectivity index (χ0n) is 13.3. The van der Waals surface area contributed by atoms with E-state index in [4.69, 9.17) is 16.3 Å². The third kappa shape index (κ3) is 3.01. The highest BCUT2D eigenvalue weighted by molar-refractivity contribution is 6.31. The van der Waals surface area contributed by atoms with Crippen LogP contribution in [-0.4, -0.2) is 10.1 Å². The van der Waals surface area contributed by atoms with Gasteiger partial charge in [0, 0.05) is 10.4 Å². The van der Waals surface area contributed by atoms with E-state index in [0.29, 0.717) is 27.2 Å². The van der Waals surface area contributed by atoms with Crippen LogP contribution in [0.25, 0.3) is 22.0 Å². The number of aromatic amines is 1. The standard InChI is InChI=1S/C19H16ClNO3/c1-3-11(2)24-14-6-4-5-12(9-14)17-18(22)15-8-7-13(20)10-16(15)21-19(17)23/h3-10H,1-2H3,(H2,21,22,23). The molecule has 0 amide bonds. The Kier molecular flexibility index (Phi) is 4.32. The van der Waals surface area contributed by atoms with Gasteiger partial charge in [0.1, 0.15) is 11.5 Å². The number of halogens is 1. The van der Waals surface area contributed by atoms with Gasteiger partial charge in [-0.05, 0) is 55.8 Å². The molecule has 0 saturated heterocycles. The maximum Gasteiger partial charge on any atom is 0.260 e. The molecule has 0 aliphatic heterocycles. The van der Waals surface area contributed by atoms with Gasteiger partial charge in [-0.15, -0.1) is 0 Å². The number of benzene rings is 2. The molecule has 0 spiro atoms. The van der Waals surface area contributed by atoms with Gasteiger partial charge in [0.05, 0.1) is 16.8 Å². The van der Waals surface area contributed by atoms with Gasteiger partial charge in [0.2, 0.25) is 0 Å². The molecule has 3 aromatic rings. The number of hydrogen-bond acceptors (Lipinski definition) is 3. The molecule has 4 nitrogen and oxygen atoms in total.